The molecule has 4 heterocycles. The lowest BCUT2D eigenvalue weighted by Crippen LogP contribution is -2.47. The van der Waals surface area contributed by atoms with Crippen LogP contribution >= 0.6 is 33.9 Å². The zero-order chi connectivity index (χ0) is 14.4. The molecule has 0 aromatic carbocycles. The zero-order valence-electron chi connectivity index (χ0n) is 11.5. The minimum atomic E-state index is -0.0357. The van der Waals surface area contributed by atoms with Gasteiger partial charge in [-0.25, -0.2) is 4.98 Å². The molecule has 6 heteroatoms. The van der Waals surface area contributed by atoms with Gasteiger partial charge in [-0.3, -0.25) is 4.79 Å². The van der Waals surface area contributed by atoms with Crippen molar-refractivity contribution in [2.45, 2.75) is 18.9 Å². The molecule has 0 spiro atoms. The zero-order valence-corrected chi connectivity index (χ0v) is 14.5. The van der Waals surface area contributed by atoms with Crippen LogP contribution in [0.5, 0.6) is 0 Å². The van der Waals surface area contributed by atoms with Crippen LogP contribution in [0.25, 0.3) is 10.1 Å². The molecule has 0 saturated carbocycles. The van der Waals surface area contributed by atoms with Gasteiger partial charge in [0.1, 0.15) is 5.69 Å². The number of nitrogens with one attached hydrogen (secondary N) is 1. The van der Waals surface area contributed by atoms with Gasteiger partial charge in [0.15, 0.2) is 0 Å². The Morgan fingerprint density at radius 3 is 3.24 bits per heavy atom. The maximum Gasteiger partial charge on any atom is 0.270 e. The number of pyridine rings is 1. The lowest BCUT2D eigenvalue weighted by molar-refractivity contribution is 0.0904. The van der Waals surface area contributed by atoms with E-state index in [1.807, 2.05) is 12.3 Å². The summed E-state index contributed by atoms with van der Waals surface area (Å²) in [5, 5.41) is 6.40. The second-order valence-electron chi connectivity index (χ2n) is 5.97. The van der Waals surface area contributed by atoms with E-state index in [0.717, 1.165) is 29.0 Å². The molecule has 4 rings (SSSR count). The second kappa shape index (κ2) is 5.48. The van der Waals surface area contributed by atoms with E-state index in [1.54, 1.807) is 11.3 Å². The SMILES string of the molecule is O=C(NC1CC2CCN(C2)C1)c1cc2c(I)csc2cn1. The molecule has 4 nitrogen and oxygen atoms in total. The third-order valence-corrected chi connectivity index (χ3v) is 6.70. The van der Waals surface area contributed by atoms with Crippen LogP contribution < -0.4 is 5.32 Å². The smallest absolute Gasteiger partial charge is 0.270 e. The lowest BCUT2D eigenvalue weighted by atomic mass is 9.97. The number of carbonyl (C=O) groups is 1. The largest absolute Gasteiger partial charge is 0.347 e. The van der Waals surface area contributed by atoms with E-state index in [2.05, 4.69) is 43.2 Å². The van der Waals surface area contributed by atoms with Gasteiger partial charge in [-0.2, -0.15) is 0 Å². The van der Waals surface area contributed by atoms with Gasteiger partial charge in [0.25, 0.3) is 5.91 Å². The Labute approximate surface area is 141 Å². The quantitative estimate of drug-likeness (QED) is 0.771. The van der Waals surface area contributed by atoms with Crippen molar-refractivity contribution in [2.75, 3.05) is 19.6 Å². The second-order valence-corrected chi connectivity index (χ2v) is 8.04. The first kappa shape index (κ1) is 13.9. The van der Waals surface area contributed by atoms with Crippen molar-refractivity contribution in [1.29, 1.82) is 0 Å². The van der Waals surface area contributed by atoms with Crippen LogP contribution in [-0.2, 0) is 0 Å². The summed E-state index contributed by atoms with van der Waals surface area (Å²) in [6.45, 7) is 3.39. The minimum absolute atomic E-state index is 0.0357. The Morgan fingerprint density at radius 1 is 1.48 bits per heavy atom. The van der Waals surface area contributed by atoms with E-state index in [1.165, 1.54) is 23.1 Å². The Bertz CT molecular complexity index is 689. The molecule has 2 aromatic rings. The molecular formula is C15H16IN3OS. The monoisotopic (exact) mass is 413 g/mol. The summed E-state index contributed by atoms with van der Waals surface area (Å²) in [7, 11) is 0. The number of nitrogens with zero attached hydrogens (tertiary/aromatic N) is 2. The van der Waals surface area contributed by atoms with Crippen molar-refractivity contribution in [2.24, 2.45) is 5.92 Å². The maximum atomic E-state index is 12.4. The van der Waals surface area contributed by atoms with Crippen LogP contribution in [0.15, 0.2) is 17.6 Å². The molecule has 0 radical (unpaired) electrons. The van der Waals surface area contributed by atoms with Crippen LogP contribution in [0.1, 0.15) is 23.3 Å². The predicted octanol–water partition coefficient (Wildman–Crippen LogP) is 2.72. The van der Waals surface area contributed by atoms with Gasteiger partial charge in [-0.15, -0.1) is 11.3 Å². The number of rotatable bonds is 2. The highest BCUT2D eigenvalue weighted by Gasteiger charge is 2.33. The van der Waals surface area contributed by atoms with E-state index < -0.39 is 0 Å². The molecule has 2 fully saturated rings. The Hall–Kier alpha value is -0.730. The molecule has 1 amide bonds. The van der Waals surface area contributed by atoms with Gasteiger partial charge >= 0.3 is 0 Å². The van der Waals surface area contributed by atoms with Gasteiger partial charge in [-0.1, -0.05) is 0 Å². The number of amides is 1. The molecule has 110 valence electrons. The highest BCUT2D eigenvalue weighted by molar-refractivity contribution is 14.1. The summed E-state index contributed by atoms with van der Waals surface area (Å²) in [4.78, 5) is 19.2. The van der Waals surface area contributed by atoms with E-state index >= 15 is 0 Å². The van der Waals surface area contributed by atoms with Crippen molar-refractivity contribution < 1.29 is 4.79 Å². The van der Waals surface area contributed by atoms with Gasteiger partial charge in [0.2, 0.25) is 0 Å². The number of aromatic nitrogens is 1. The van der Waals surface area contributed by atoms with Crippen LogP contribution in [0.2, 0.25) is 0 Å². The molecule has 2 bridgehead atoms. The summed E-state index contributed by atoms with van der Waals surface area (Å²) in [6, 6.07) is 2.19. The molecule has 21 heavy (non-hydrogen) atoms. The van der Waals surface area contributed by atoms with Gasteiger partial charge in [0, 0.05) is 39.7 Å². The lowest BCUT2D eigenvalue weighted by Gasteiger charge is -2.30. The summed E-state index contributed by atoms with van der Waals surface area (Å²) in [5.74, 6) is 0.726. The fourth-order valence-electron chi connectivity index (χ4n) is 3.45. The summed E-state index contributed by atoms with van der Waals surface area (Å²) in [5.41, 5.74) is 0.534. The van der Waals surface area contributed by atoms with Crippen LogP contribution in [0, 0.1) is 9.49 Å². The molecule has 2 aliphatic heterocycles. The molecule has 2 aliphatic rings. The van der Waals surface area contributed by atoms with Crippen molar-refractivity contribution in [3.8, 4) is 0 Å². The average molecular weight is 413 g/mol. The first-order valence-electron chi connectivity index (χ1n) is 7.25. The van der Waals surface area contributed by atoms with Crippen molar-refractivity contribution in [1.82, 2.24) is 15.2 Å². The third-order valence-electron chi connectivity index (χ3n) is 4.45. The summed E-state index contributed by atoms with van der Waals surface area (Å²) in [6.07, 6.45) is 4.20. The van der Waals surface area contributed by atoms with Crippen LogP contribution in [0.4, 0.5) is 0 Å². The molecule has 0 aliphatic carbocycles. The number of piperidine rings is 1. The Morgan fingerprint density at radius 2 is 2.38 bits per heavy atom. The highest BCUT2D eigenvalue weighted by Crippen LogP contribution is 2.28. The number of halogens is 1. The Kier molecular flexibility index (Phi) is 3.63. The molecule has 2 saturated heterocycles. The van der Waals surface area contributed by atoms with E-state index in [4.69, 9.17) is 0 Å². The standard InChI is InChI=1S/C15H16IN3OS/c16-12-8-21-14-5-17-13(4-11(12)14)15(20)18-10-3-9-1-2-19(6-9)7-10/h4-5,8-10H,1-3,6-7H2,(H,18,20). The Balaban J connectivity index is 1.52. The van der Waals surface area contributed by atoms with Gasteiger partial charge < -0.3 is 10.2 Å². The fourth-order valence-corrected chi connectivity index (χ4v) is 5.23. The van der Waals surface area contributed by atoms with Crippen LogP contribution in [0.3, 0.4) is 0 Å². The summed E-state index contributed by atoms with van der Waals surface area (Å²) >= 11 is 3.98. The number of carbonyl (C=O) groups excluding carboxylic acids is 1. The number of hydrogen-bond donors (Lipinski definition) is 1. The first-order valence-corrected chi connectivity index (χ1v) is 9.21. The predicted molar refractivity (Wildman–Crippen MR) is 92.8 cm³/mol. The third kappa shape index (κ3) is 2.68. The number of hydrogen-bond acceptors (Lipinski definition) is 4. The fraction of sp³-hybridized carbons (Fsp3) is 0.467. The normalized spacial score (nSPS) is 28.0. The topological polar surface area (TPSA) is 45.2 Å². The first-order chi connectivity index (χ1) is 10.2. The molecule has 1 N–H and O–H groups in total. The van der Waals surface area contributed by atoms with E-state index in [0.29, 0.717) is 5.69 Å². The molecular weight excluding hydrogens is 397 g/mol. The number of fused-ring (bicyclic) bond motifs is 3. The van der Waals surface area contributed by atoms with Gasteiger partial charge in [-0.05, 0) is 54.0 Å². The maximum absolute atomic E-state index is 12.4. The van der Waals surface area contributed by atoms with Crippen molar-refractivity contribution in [3.05, 3.63) is 26.9 Å². The van der Waals surface area contributed by atoms with Crippen molar-refractivity contribution >= 4 is 49.9 Å². The number of thiophene rings is 1. The van der Waals surface area contributed by atoms with Crippen LogP contribution in [-0.4, -0.2) is 41.5 Å². The highest BCUT2D eigenvalue weighted by atomic mass is 127. The minimum Gasteiger partial charge on any atom is -0.347 e. The average Bonchev–Trinajstić information content (AvgIpc) is 3.02. The van der Waals surface area contributed by atoms with E-state index in [-0.39, 0.29) is 11.9 Å². The molecule has 3 unspecified atom stereocenters. The molecule has 3 atom stereocenters. The van der Waals surface area contributed by atoms with Gasteiger partial charge in [0.05, 0.1) is 4.70 Å². The summed E-state index contributed by atoms with van der Waals surface area (Å²) < 4.78 is 2.32. The van der Waals surface area contributed by atoms with E-state index in [9.17, 15) is 4.79 Å². The van der Waals surface area contributed by atoms with Crippen molar-refractivity contribution in [3.63, 3.8) is 0 Å². The molecule has 2 aromatic heterocycles.